The van der Waals surface area contributed by atoms with Gasteiger partial charge >= 0.3 is 0 Å². The lowest BCUT2D eigenvalue weighted by Crippen LogP contribution is -2.45. The first-order valence-corrected chi connectivity index (χ1v) is 12.9. The van der Waals surface area contributed by atoms with Crippen LogP contribution in [0.2, 0.25) is 0 Å². The molecule has 3 nitrogen and oxygen atoms in total. The smallest absolute Gasteiger partial charge is 0.0734 e. The van der Waals surface area contributed by atoms with E-state index in [1.807, 2.05) is 0 Å². The summed E-state index contributed by atoms with van der Waals surface area (Å²) in [6.07, 6.45) is 0. The molecule has 0 saturated heterocycles. The molecule has 1 aromatic rings. The van der Waals surface area contributed by atoms with E-state index in [2.05, 4.69) is 122 Å². The Bertz CT molecular complexity index is 534. The molecule has 0 saturated carbocycles. The summed E-state index contributed by atoms with van der Waals surface area (Å²) in [5.41, 5.74) is 1.23. The van der Waals surface area contributed by atoms with Gasteiger partial charge in [-0.1, -0.05) is 27.7 Å². The summed E-state index contributed by atoms with van der Waals surface area (Å²) >= 11 is 0. The number of benzene rings is 1. The van der Waals surface area contributed by atoms with Gasteiger partial charge in [0.2, 0.25) is 0 Å². The molecule has 0 aliphatic heterocycles. The van der Waals surface area contributed by atoms with E-state index in [1.54, 1.807) is 0 Å². The van der Waals surface area contributed by atoms with Crippen LogP contribution in [0.15, 0.2) is 24.3 Å². The summed E-state index contributed by atoms with van der Waals surface area (Å²) in [6, 6.07) is 11.8. The van der Waals surface area contributed by atoms with Crippen molar-refractivity contribution in [2.45, 2.75) is 113 Å². The molecule has 1 aromatic carbocycles. The van der Waals surface area contributed by atoms with E-state index in [0.29, 0.717) is 42.0 Å². The molecular weight excluding hydrogens is 373 g/mol. The Kier molecular flexibility index (Phi) is 10.6. The van der Waals surface area contributed by atoms with Crippen LogP contribution in [0.4, 0.5) is 5.69 Å². The predicted molar refractivity (Wildman–Crippen MR) is 134 cm³/mol. The van der Waals surface area contributed by atoms with Crippen molar-refractivity contribution >= 4 is 19.2 Å². The fourth-order valence-electron chi connectivity index (χ4n) is 4.44. The van der Waals surface area contributed by atoms with Crippen molar-refractivity contribution < 1.29 is 0 Å². The molecule has 0 aliphatic rings. The minimum absolute atomic E-state index is 0.494. The number of hydrogen-bond acceptors (Lipinski definition) is 3. The summed E-state index contributed by atoms with van der Waals surface area (Å²) in [5.74, 6) is 1.23. The topological polar surface area (TPSA) is 18.5 Å². The Morgan fingerprint density at radius 2 is 0.931 bits per heavy atom. The van der Waals surface area contributed by atoms with Crippen molar-refractivity contribution in [1.29, 1.82) is 0 Å². The van der Waals surface area contributed by atoms with Crippen LogP contribution in [-0.2, 0) is 0 Å². The molecule has 1 rings (SSSR count). The zero-order chi connectivity index (χ0) is 22.5. The Balaban J connectivity index is 3.32. The van der Waals surface area contributed by atoms with Crippen LogP contribution >= 0.6 is 8.22 Å². The molecule has 0 unspecified atom stereocenters. The molecule has 0 heterocycles. The third kappa shape index (κ3) is 7.23. The quantitative estimate of drug-likeness (QED) is 0.390. The fourth-order valence-corrected chi connectivity index (χ4v) is 7.38. The summed E-state index contributed by atoms with van der Waals surface area (Å²) in [6.45, 7) is 27.9. The van der Waals surface area contributed by atoms with Gasteiger partial charge in [0.15, 0.2) is 0 Å². The zero-order valence-electron chi connectivity index (χ0n) is 21.2. The summed E-state index contributed by atoms with van der Waals surface area (Å²) in [4.78, 5) is 0. The van der Waals surface area contributed by atoms with E-state index in [-0.39, 0.29) is 0 Å². The van der Waals surface area contributed by atoms with Crippen molar-refractivity contribution in [3.05, 3.63) is 24.3 Å². The molecule has 4 heteroatoms. The largest absolute Gasteiger partial charge is 0.382 e. The van der Waals surface area contributed by atoms with Crippen LogP contribution in [0.1, 0.15) is 83.1 Å². The molecule has 0 fully saturated rings. The third-order valence-corrected chi connectivity index (χ3v) is 8.90. The summed E-state index contributed by atoms with van der Waals surface area (Å²) in [5, 5.41) is 5.22. The van der Waals surface area contributed by atoms with Crippen LogP contribution in [0.5, 0.6) is 0 Å². The second kappa shape index (κ2) is 11.7. The molecule has 168 valence electrons. The van der Waals surface area contributed by atoms with Gasteiger partial charge in [-0.05, 0) is 91.5 Å². The van der Waals surface area contributed by atoms with Crippen molar-refractivity contribution in [2.24, 2.45) is 11.8 Å². The highest BCUT2D eigenvalue weighted by atomic mass is 31.1. The van der Waals surface area contributed by atoms with Gasteiger partial charge in [-0.15, -0.1) is 0 Å². The van der Waals surface area contributed by atoms with E-state index in [4.69, 9.17) is 0 Å². The maximum Gasteiger partial charge on any atom is 0.0734 e. The lowest BCUT2D eigenvalue weighted by molar-refractivity contribution is 0.261. The summed E-state index contributed by atoms with van der Waals surface area (Å²) in [7, 11) is -0.559. The number of nitrogens with one attached hydrogen (secondary N) is 1. The molecule has 1 N–H and O–H groups in total. The van der Waals surface area contributed by atoms with E-state index >= 15 is 0 Å². The van der Waals surface area contributed by atoms with Gasteiger partial charge in [0.05, 0.1) is 8.22 Å². The second-order valence-electron chi connectivity index (χ2n) is 10.1. The molecule has 29 heavy (non-hydrogen) atoms. The normalized spacial score (nSPS) is 13.2. The average Bonchev–Trinajstić information content (AvgIpc) is 2.57. The lowest BCUT2D eigenvalue weighted by Gasteiger charge is -2.47. The number of hydrogen-bond donors (Lipinski definition) is 1. The van der Waals surface area contributed by atoms with Crippen molar-refractivity contribution in [2.75, 3.05) is 5.32 Å². The summed E-state index contributed by atoms with van der Waals surface area (Å²) < 4.78 is 5.42. The van der Waals surface area contributed by atoms with E-state index in [1.165, 1.54) is 11.0 Å². The second-order valence-corrected chi connectivity index (χ2v) is 12.1. The van der Waals surface area contributed by atoms with Gasteiger partial charge in [0.25, 0.3) is 0 Å². The molecule has 0 spiro atoms. The number of anilines is 1. The minimum Gasteiger partial charge on any atom is -0.382 e. The molecule has 0 aromatic heterocycles. The Morgan fingerprint density at radius 1 is 0.586 bits per heavy atom. The van der Waals surface area contributed by atoms with Crippen LogP contribution < -0.4 is 10.6 Å². The van der Waals surface area contributed by atoms with Gasteiger partial charge in [0, 0.05) is 41.2 Å². The van der Waals surface area contributed by atoms with Crippen LogP contribution in [0, 0.1) is 11.8 Å². The lowest BCUT2D eigenvalue weighted by atomic mass is 9.93. The van der Waals surface area contributed by atoms with Gasteiger partial charge in [0.1, 0.15) is 0 Å². The zero-order valence-corrected chi connectivity index (χ0v) is 22.1. The SMILES string of the molecule is CC(C)C(Nc1ccc(P(N(C(C)C)C(C)C)N(C(C)C)C(C)C)cc1)C(C)C. The standard InChI is InChI=1S/C25H48N3P/c1-17(2)25(18(3)4)26-23-13-15-24(16-14-23)29(27(19(5)6)20(7)8)28(21(9)10)22(11)12/h13-22,25-26H,1-12H3. The van der Waals surface area contributed by atoms with E-state index in [0.717, 1.165) is 0 Å². The first-order valence-electron chi connectivity index (χ1n) is 11.6. The van der Waals surface area contributed by atoms with Crippen molar-refractivity contribution in [1.82, 2.24) is 9.34 Å². The van der Waals surface area contributed by atoms with Gasteiger partial charge < -0.3 is 5.32 Å². The monoisotopic (exact) mass is 421 g/mol. The highest BCUT2D eigenvalue weighted by molar-refractivity contribution is 7.61. The Hall–Kier alpha value is -0.630. The van der Waals surface area contributed by atoms with E-state index in [9.17, 15) is 0 Å². The van der Waals surface area contributed by atoms with Gasteiger partial charge in [-0.25, -0.2) is 0 Å². The maximum atomic E-state index is 3.77. The molecule has 0 atom stereocenters. The first kappa shape index (κ1) is 26.4. The number of rotatable bonds is 11. The van der Waals surface area contributed by atoms with E-state index < -0.39 is 8.22 Å². The van der Waals surface area contributed by atoms with Crippen LogP contribution in [0.3, 0.4) is 0 Å². The first-order chi connectivity index (χ1) is 13.4. The molecule has 0 bridgehead atoms. The average molecular weight is 422 g/mol. The Morgan fingerprint density at radius 3 is 1.21 bits per heavy atom. The van der Waals surface area contributed by atoms with Crippen molar-refractivity contribution in [3.8, 4) is 0 Å². The minimum atomic E-state index is -0.559. The number of nitrogens with zero attached hydrogens (tertiary/aromatic N) is 2. The highest BCUT2D eigenvalue weighted by Crippen LogP contribution is 2.49. The van der Waals surface area contributed by atoms with Gasteiger partial charge in [-0.3, -0.25) is 9.34 Å². The maximum absolute atomic E-state index is 3.77. The molecule has 0 radical (unpaired) electrons. The van der Waals surface area contributed by atoms with Crippen LogP contribution in [-0.4, -0.2) is 39.6 Å². The van der Waals surface area contributed by atoms with Gasteiger partial charge in [-0.2, -0.15) is 0 Å². The van der Waals surface area contributed by atoms with Crippen LogP contribution in [0.25, 0.3) is 0 Å². The highest BCUT2D eigenvalue weighted by Gasteiger charge is 2.34. The van der Waals surface area contributed by atoms with Crippen molar-refractivity contribution in [3.63, 3.8) is 0 Å². The Labute approximate surface area is 183 Å². The third-order valence-electron chi connectivity index (χ3n) is 5.42. The predicted octanol–water partition coefficient (Wildman–Crippen LogP) is 6.95. The molecule has 0 amide bonds. The molecule has 0 aliphatic carbocycles. The molecular formula is C25H48N3P. The fraction of sp³-hybridized carbons (Fsp3) is 0.760.